The molecule has 4 nitrogen and oxygen atoms in total. The summed E-state index contributed by atoms with van der Waals surface area (Å²) in [4.78, 5) is 4.04. The van der Waals surface area contributed by atoms with E-state index in [-0.39, 0.29) is 6.10 Å². The van der Waals surface area contributed by atoms with Crippen molar-refractivity contribution in [3.05, 3.63) is 0 Å². The fourth-order valence-electron chi connectivity index (χ4n) is 0.692. The van der Waals surface area contributed by atoms with Gasteiger partial charge < -0.3 is 15.8 Å². The number of hydrogen-bond donors (Lipinski definition) is 2. The third-order valence-electron chi connectivity index (χ3n) is 1.18. The normalized spacial score (nSPS) is 12.2. The average molecular weight is 173 g/mol. The zero-order valence-electron chi connectivity index (χ0n) is 8.13. The van der Waals surface area contributed by atoms with Crippen LogP contribution in [0.3, 0.4) is 0 Å². The second-order valence-corrected chi connectivity index (χ2v) is 2.72. The molecule has 4 heteroatoms. The molecule has 0 amide bonds. The smallest absolute Gasteiger partial charge is 0.188 e. The van der Waals surface area contributed by atoms with Crippen LogP contribution in [0.25, 0.3) is 0 Å². The van der Waals surface area contributed by atoms with Crippen LogP contribution in [0.2, 0.25) is 0 Å². The van der Waals surface area contributed by atoms with E-state index < -0.39 is 0 Å². The lowest BCUT2D eigenvalue weighted by Gasteiger charge is -2.05. The molecule has 0 atom stereocenters. The summed E-state index contributed by atoms with van der Waals surface area (Å²) in [5, 5.41) is 2.91. The highest BCUT2D eigenvalue weighted by Crippen LogP contribution is 1.86. The van der Waals surface area contributed by atoms with Crippen molar-refractivity contribution in [1.29, 1.82) is 0 Å². The lowest BCUT2D eigenvalue weighted by molar-refractivity contribution is 0.0853. The third-order valence-corrected chi connectivity index (χ3v) is 1.18. The van der Waals surface area contributed by atoms with E-state index in [1.54, 1.807) is 0 Å². The van der Waals surface area contributed by atoms with E-state index >= 15 is 0 Å². The molecule has 0 aliphatic carbocycles. The molecule has 0 aliphatic heterocycles. The zero-order chi connectivity index (χ0) is 9.40. The second kappa shape index (κ2) is 6.91. The molecule has 0 aliphatic rings. The molecule has 0 radical (unpaired) electrons. The molecule has 0 fully saturated rings. The molecule has 0 rings (SSSR count). The summed E-state index contributed by atoms with van der Waals surface area (Å²) < 4.78 is 5.28. The maximum atomic E-state index is 5.48. The Hall–Kier alpha value is -0.770. The van der Waals surface area contributed by atoms with Gasteiger partial charge in [0.1, 0.15) is 0 Å². The van der Waals surface area contributed by atoms with Crippen molar-refractivity contribution in [1.82, 2.24) is 5.32 Å². The minimum Gasteiger partial charge on any atom is -0.377 e. The Balaban J connectivity index is 3.33. The van der Waals surface area contributed by atoms with Crippen molar-refractivity contribution in [2.75, 3.05) is 19.7 Å². The molecule has 0 aromatic rings. The first-order valence-electron chi connectivity index (χ1n) is 4.32. The molecule has 0 spiro atoms. The summed E-state index contributed by atoms with van der Waals surface area (Å²) in [7, 11) is 0. The van der Waals surface area contributed by atoms with Crippen LogP contribution in [-0.2, 0) is 4.74 Å². The molecule has 0 bridgehead atoms. The number of hydrogen-bond acceptors (Lipinski definition) is 2. The van der Waals surface area contributed by atoms with E-state index in [0.717, 1.165) is 6.54 Å². The molecule has 0 aromatic carbocycles. The molecule has 0 saturated heterocycles. The van der Waals surface area contributed by atoms with E-state index in [0.29, 0.717) is 19.1 Å². The molecular formula is C8H19N3O. The van der Waals surface area contributed by atoms with Crippen molar-refractivity contribution >= 4 is 5.96 Å². The van der Waals surface area contributed by atoms with Crippen LogP contribution in [0.4, 0.5) is 0 Å². The quantitative estimate of drug-likeness (QED) is 0.358. The Morgan fingerprint density at radius 1 is 1.58 bits per heavy atom. The van der Waals surface area contributed by atoms with E-state index in [1.807, 2.05) is 20.8 Å². The van der Waals surface area contributed by atoms with Crippen LogP contribution >= 0.6 is 0 Å². The van der Waals surface area contributed by atoms with Gasteiger partial charge in [-0.05, 0) is 20.8 Å². The monoisotopic (exact) mass is 173 g/mol. The van der Waals surface area contributed by atoms with Crippen LogP contribution < -0.4 is 11.1 Å². The van der Waals surface area contributed by atoms with Gasteiger partial charge in [-0.15, -0.1) is 0 Å². The first-order valence-corrected chi connectivity index (χ1v) is 4.32. The van der Waals surface area contributed by atoms with Crippen molar-refractivity contribution < 1.29 is 4.74 Å². The molecule has 12 heavy (non-hydrogen) atoms. The fourth-order valence-corrected chi connectivity index (χ4v) is 0.692. The number of nitrogens with two attached hydrogens (primary N) is 1. The number of guanidine groups is 1. The van der Waals surface area contributed by atoms with Gasteiger partial charge in [0.25, 0.3) is 0 Å². The average Bonchev–Trinajstić information content (AvgIpc) is 1.98. The van der Waals surface area contributed by atoms with E-state index in [4.69, 9.17) is 10.5 Å². The van der Waals surface area contributed by atoms with E-state index in [1.165, 1.54) is 0 Å². The van der Waals surface area contributed by atoms with Gasteiger partial charge in [-0.2, -0.15) is 0 Å². The molecule has 0 aromatic heterocycles. The Morgan fingerprint density at radius 3 is 2.75 bits per heavy atom. The van der Waals surface area contributed by atoms with Crippen molar-refractivity contribution in [2.24, 2.45) is 10.7 Å². The van der Waals surface area contributed by atoms with Crippen LogP contribution in [-0.4, -0.2) is 31.8 Å². The molecule has 0 saturated carbocycles. The van der Waals surface area contributed by atoms with E-state index in [2.05, 4.69) is 10.3 Å². The largest absolute Gasteiger partial charge is 0.377 e. The number of aliphatic imine (C=N–C) groups is 1. The Morgan fingerprint density at radius 2 is 2.25 bits per heavy atom. The van der Waals surface area contributed by atoms with Gasteiger partial charge in [-0.3, -0.25) is 4.99 Å². The zero-order valence-corrected chi connectivity index (χ0v) is 8.13. The number of nitrogens with one attached hydrogen (secondary N) is 1. The predicted octanol–water partition coefficient (Wildman–Crippen LogP) is 0.336. The van der Waals surface area contributed by atoms with Crippen molar-refractivity contribution in [3.8, 4) is 0 Å². The van der Waals surface area contributed by atoms with Gasteiger partial charge in [0, 0.05) is 6.54 Å². The molecule has 0 unspecified atom stereocenters. The minimum absolute atomic E-state index is 0.264. The molecular weight excluding hydrogens is 154 g/mol. The summed E-state index contributed by atoms with van der Waals surface area (Å²) in [5.41, 5.74) is 5.48. The van der Waals surface area contributed by atoms with Gasteiger partial charge in [-0.25, -0.2) is 0 Å². The maximum Gasteiger partial charge on any atom is 0.188 e. The highest BCUT2D eigenvalue weighted by molar-refractivity contribution is 5.77. The van der Waals surface area contributed by atoms with Crippen LogP contribution in [0, 0.1) is 0 Å². The van der Waals surface area contributed by atoms with Gasteiger partial charge >= 0.3 is 0 Å². The molecule has 72 valence electrons. The van der Waals surface area contributed by atoms with Crippen LogP contribution in [0.5, 0.6) is 0 Å². The summed E-state index contributed by atoms with van der Waals surface area (Å²) >= 11 is 0. The van der Waals surface area contributed by atoms with Crippen molar-refractivity contribution in [3.63, 3.8) is 0 Å². The lowest BCUT2D eigenvalue weighted by Crippen LogP contribution is -2.31. The first kappa shape index (κ1) is 11.2. The summed E-state index contributed by atoms with van der Waals surface area (Å²) in [6.07, 6.45) is 0.264. The van der Waals surface area contributed by atoms with Gasteiger partial charge in [-0.1, -0.05) is 0 Å². The van der Waals surface area contributed by atoms with Gasteiger partial charge in [0.15, 0.2) is 5.96 Å². The van der Waals surface area contributed by atoms with E-state index in [9.17, 15) is 0 Å². The maximum absolute atomic E-state index is 5.48. The van der Waals surface area contributed by atoms with Gasteiger partial charge in [0.05, 0.1) is 19.3 Å². The Kier molecular flexibility index (Phi) is 6.47. The van der Waals surface area contributed by atoms with Crippen LogP contribution in [0.1, 0.15) is 20.8 Å². The summed E-state index contributed by atoms with van der Waals surface area (Å²) in [6.45, 7) is 8.03. The summed E-state index contributed by atoms with van der Waals surface area (Å²) in [5.74, 6) is 0.491. The van der Waals surface area contributed by atoms with Crippen LogP contribution in [0.15, 0.2) is 4.99 Å². The minimum atomic E-state index is 0.264. The lowest BCUT2D eigenvalue weighted by atomic mass is 10.5. The second-order valence-electron chi connectivity index (χ2n) is 2.72. The molecule has 0 heterocycles. The van der Waals surface area contributed by atoms with Crippen molar-refractivity contribution in [2.45, 2.75) is 26.9 Å². The highest BCUT2D eigenvalue weighted by Gasteiger charge is 1.91. The first-order chi connectivity index (χ1) is 5.66. The predicted molar refractivity (Wildman–Crippen MR) is 51.3 cm³/mol. The highest BCUT2D eigenvalue weighted by atomic mass is 16.5. The number of ether oxygens (including phenoxy) is 1. The summed E-state index contributed by atoms with van der Waals surface area (Å²) in [6, 6.07) is 0. The SMILES string of the molecule is CCNC(N)=NCCOC(C)C. The Bertz CT molecular complexity index is 134. The number of nitrogens with zero attached hydrogens (tertiary/aromatic N) is 1. The molecule has 3 N–H and O–H groups in total. The number of rotatable bonds is 5. The topological polar surface area (TPSA) is 59.6 Å². The third kappa shape index (κ3) is 7.34. The Labute approximate surface area is 74.2 Å². The fraction of sp³-hybridized carbons (Fsp3) is 0.875. The van der Waals surface area contributed by atoms with Gasteiger partial charge in [0.2, 0.25) is 0 Å². The standard InChI is InChI=1S/C8H19N3O/c1-4-10-8(9)11-5-6-12-7(2)3/h7H,4-6H2,1-3H3,(H3,9,10,11).